The number of halogens is 1. The highest BCUT2D eigenvalue weighted by atomic mass is 127. The van der Waals surface area contributed by atoms with Crippen LogP contribution in [0.15, 0.2) is 41.5 Å². The standard InChI is InChI=1S/C16H21IO/c1-12(2)5-4-6-13(3)7-8-14-11-15(17)9-10-16(14)18/h5,7,9-11,18H,4,6,8H2,1-3H3. The van der Waals surface area contributed by atoms with Crippen molar-refractivity contribution >= 4 is 22.6 Å². The van der Waals surface area contributed by atoms with Crippen LogP contribution in [0.25, 0.3) is 0 Å². The van der Waals surface area contributed by atoms with Crippen LogP contribution in [0.3, 0.4) is 0 Å². The van der Waals surface area contributed by atoms with Gasteiger partial charge in [0.1, 0.15) is 5.75 Å². The Bertz CT molecular complexity index is 454. The molecular weight excluding hydrogens is 335 g/mol. The van der Waals surface area contributed by atoms with Crippen molar-refractivity contribution in [3.8, 4) is 5.75 Å². The third kappa shape index (κ3) is 5.71. The molecule has 0 fully saturated rings. The largest absolute Gasteiger partial charge is 0.508 e. The molecule has 18 heavy (non-hydrogen) atoms. The molecule has 0 aliphatic heterocycles. The minimum Gasteiger partial charge on any atom is -0.508 e. The average Bonchev–Trinajstić information content (AvgIpc) is 2.30. The van der Waals surface area contributed by atoms with E-state index in [1.807, 2.05) is 12.1 Å². The van der Waals surface area contributed by atoms with Gasteiger partial charge in [0.05, 0.1) is 0 Å². The zero-order valence-corrected chi connectivity index (χ0v) is 13.5. The lowest BCUT2D eigenvalue weighted by Crippen LogP contribution is -1.86. The predicted molar refractivity (Wildman–Crippen MR) is 86.9 cm³/mol. The normalized spacial score (nSPS) is 11.4. The van der Waals surface area contributed by atoms with Crippen molar-refractivity contribution in [1.29, 1.82) is 0 Å². The molecule has 1 N–H and O–H groups in total. The second-order valence-corrected chi connectivity index (χ2v) is 6.09. The Morgan fingerprint density at radius 2 is 1.94 bits per heavy atom. The fourth-order valence-corrected chi connectivity index (χ4v) is 2.25. The fraction of sp³-hybridized carbons (Fsp3) is 0.375. The number of rotatable bonds is 5. The van der Waals surface area contributed by atoms with Gasteiger partial charge in [-0.15, -0.1) is 0 Å². The van der Waals surface area contributed by atoms with Crippen molar-refractivity contribution in [2.24, 2.45) is 0 Å². The van der Waals surface area contributed by atoms with Crippen LogP contribution >= 0.6 is 22.6 Å². The smallest absolute Gasteiger partial charge is 0.119 e. The Hall–Kier alpha value is -0.770. The zero-order valence-electron chi connectivity index (χ0n) is 11.3. The summed E-state index contributed by atoms with van der Waals surface area (Å²) < 4.78 is 1.16. The summed E-state index contributed by atoms with van der Waals surface area (Å²) in [6.07, 6.45) is 7.48. The number of allylic oxidation sites excluding steroid dienone is 4. The van der Waals surface area contributed by atoms with E-state index in [9.17, 15) is 5.11 Å². The van der Waals surface area contributed by atoms with Gasteiger partial charge in [-0.25, -0.2) is 0 Å². The first-order valence-corrected chi connectivity index (χ1v) is 7.33. The van der Waals surface area contributed by atoms with Crippen molar-refractivity contribution in [2.45, 2.75) is 40.0 Å². The highest BCUT2D eigenvalue weighted by molar-refractivity contribution is 14.1. The summed E-state index contributed by atoms with van der Waals surface area (Å²) in [7, 11) is 0. The second-order valence-electron chi connectivity index (χ2n) is 4.85. The van der Waals surface area contributed by atoms with Gasteiger partial charge in [-0.2, -0.15) is 0 Å². The minimum absolute atomic E-state index is 0.392. The molecule has 0 aromatic heterocycles. The van der Waals surface area contributed by atoms with Crippen molar-refractivity contribution in [1.82, 2.24) is 0 Å². The van der Waals surface area contributed by atoms with Crippen molar-refractivity contribution in [3.63, 3.8) is 0 Å². The molecule has 0 bridgehead atoms. The predicted octanol–water partition coefficient (Wildman–Crippen LogP) is 5.23. The summed E-state index contributed by atoms with van der Waals surface area (Å²) in [5.41, 5.74) is 3.76. The molecule has 98 valence electrons. The summed E-state index contributed by atoms with van der Waals surface area (Å²) in [4.78, 5) is 0. The first kappa shape index (κ1) is 15.3. The first-order valence-electron chi connectivity index (χ1n) is 6.25. The van der Waals surface area contributed by atoms with Crippen LogP contribution in [0.4, 0.5) is 0 Å². The van der Waals surface area contributed by atoms with Crippen LogP contribution in [0.1, 0.15) is 39.2 Å². The summed E-state index contributed by atoms with van der Waals surface area (Å²) >= 11 is 2.27. The van der Waals surface area contributed by atoms with E-state index in [4.69, 9.17) is 0 Å². The van der Waals surface area contributed by atoms with Gasteiger partial charge < -0.3 is 5.11 Å². The molecule has 0 unspecified atom stereocenters. The average molecular weight is 356 g/mol. The van der Waals surface area contributed by atoms with E-state index < -0.39 is 0 Å². The molecule has 0 spiro atoms. The summed E-state index contributed by atoms with van der Waals surface area (Å²) in [6, 6.07) is 5.73. The lowest BCUT2D eigenvalue weighted by Gasteiger charge is -2.04. The number of phenolic OH excluding ortho intramolecular Hbond substituents is 1. The van der Waals surface area contributed by atoms with E-state index in [2.05, 4.69) is 55.5 Å². The molecule has 1 aromatic rings. The van der Waals surface area contributed by atoms with Crippen LogP contribution in [-0.4, -0.2) is 5.11 Å². The summed E-state index contributed by atoms with van der Waals surface area (Å²) in [5.74, 6) is 0.392. The zero-order chi connectivity index (χ0) is 13.5. The van der Waals surface area contributed by atoms with Gasteiger partial charge in [-0.1, -0.05) is 23.3 Å². The lowest BCUT2D eigenvalue weighted by atomic mass is 10.1. The number of phenols is 1. The van der Waals surface area contributed by atoms with E-state index in [1.165, 1.54) is 11.1 Å². The maximum absolute atomic E-state index is 9.75. The third-order valence-electron chi connectivity index (χ3n) is 2.80. The van der Waals surface area contributed by atoms with E-state index >= 15 is 0 Å². The molecule has 0 atom stereocenters. The van der Waals surface area contributed by atoms with E-state index in [0.29, 0.717) is 5.75 Å². The molecule has 0 radical (unpaired) electrons. The number of hydrogen-bond acceptors (Lipinski definition) is 1. The maximum atomic E-state index is 9.75. The molecular formula is C16H21IO. The van der Waals surface area contributed by atoms with Gasteiger partial charge in [0.2, 0.25) is 0 Å². The highest BCUT2D eigenvalue weighted by Crippen LogP contribution is 2.21. The summed E-state index contributed by atoms with van der Waals surface area (Å²) in [5, 5.41) is 9.75. The second kappa shape index (κ2) is 7.62. The van der Waals surface area contributed by atoms with Crippen LogP contribution < -0.4 is 0 Å². The molecule has 0 aliphatic carbocycles. The molecule has 0 saturated heterocycles. The monoisotopic (exact) mass is 356 g/mol. The third-order valence-corrected chi connectivity index (χ3v) is 3.47. The molecule has 1 nitrogen and oxygen atoms in total. The molecule has 0 aliphatic rings. The Kier molecular flexibility index (Phi) is 6.47. The van der Waals surface area contributed by atoms with Crippen LogP contribution in [0, 0.1) is 3.57 Å². The molecule has 0 saturated carbocycles. The van der Waals surface area contributed by atoms with Crippen LogP contribution in [-0.2, 0) is 6.42 Å². The lowest BCUT2D eigenvalue weighted by molar-refractivity contribution is 0.469. The molecule has 0 amide bonds. The van der Waals surface area contributed by atoms with Gasteiger partial charge >= 0.3 is 0 Å². The Balaban J connectivity index is 2.57. The first-order chi connectivity index (χ1) is 8.49. The van der Waals surface area contributed by atoms with Gasteiger partial charge in [-0.05, 0) is 86.4 Å². The minimum atomic E-state index is 0.392. The quantitative estimate of drug-likeness (QED) is 0.566. The fourth-order valence-electron chi connectivity index (χ4n) is 1.69. The van der Waals surface area contributed by atoms with E-state index in [1.54, 1.807) is 6.07 Å². The molecule has 2 heteroatoms. The Morgan fingerprint density at radius 3 is 2.61 bits per heavy atom. The maximum Gasteiger partial charge on any atom is 0.119 e. The van der Waals surface area contributed by atoms with Crippen molar-refractivity contribution < 1.29 is 5.11 Å². The topological polar surface area (TPSA) is 20.2 Å². The number of aromatic hydroxyl groups is 1. The van der Waals surface area contributed by atoms with E-state index in [0.717, 1.165) is 28.4 Å². The highest BCUT2D eigenvalue weighted by Gasteiger charge is 2.00. The molecule has 0 heterocycles. The molecule has 1 rings (SSSR count). The van der Waals surface area contributed by atoms with Crippen molar-refractivity contribution in [2.75, 3.05) is 0 Å². The van der Waals surface area contributed by atoms with Gasteiger partial charge in [0.25, 0.3) is 0 Å². The summed E-state index contributed by atoms with van der Waals surface area (Å²) in [6.45, 7) is 6.41. The number of hydrogen-bond donors (Lipinski definition) is 1. The van der Waals surface area contributed by atoms with Crippen molar-refractivity contribution in [3.05, 3.63) is 50.6 Å². The number of benzene rings is 1. The Morgan fingerprint density at radius 1 is 1.22 bits per heavy atom. The van der Waals surface area contributed by atoms with Gasteiger partial charge in [0.15, 0.2) is 0 Å². The van der Waals surface area contributed by atoms with Crippen LogP contribution in [0.5, 0.6) is 5.75 Å². The van der Waals surface area contributed by atoms with E-state index in [-0.39, 0.29) is 0 Å². The Labute approximate surface area is 124 Å². The molecule has 1 aromatic carbocycles. The van der Waals surface area contributed by atoms with Gasteiger partial charge in [0, 0.05) is 3.57 Å². The SMILES string of the molecule is CC(C)=CCCC(C)=CCc1cc(I)ccc1O. The van der Waals surface area contributed by atoms with Crippen LogP contribution in [0.2, 0.25) is 0 Å². The van der Waals surface area contributed by atoms with Gasteiger partial charge in [-0.3, -0.25) is 0 Å².